The van der Waals surface area contributed by atoms with Crippen LogP contribution in [0, 0.1) is 6.92 Å². The Morgan fingerprint density at radius 1 is 1.29 bits per heavy atom. The fourth-order valence-electron chi connectivity index (χ4n) is 2.27. The molecule has 0 saturated heterocycles. The van der Waals surface area contributed by atoms with E-state index in [1.165, 1.54) is 12.5 Å². The number of nitrogens with zero attached hydrogens (tertiary/aromatic N) is 3. The van der Waals surface area contributed by atoms with Gasteiger partial charge in [-0.15, -0.1) is 0 Å². The molecule has 122 valence electrons. The summed E-state index contributed by atoms with van der Waals surface area (Å²) in [5.41, 5.74) is 7.62. The Hall–Kier alpha value is -3.22. The van der Waals surface area contributed by atoms with Gasteiger partial charge in [0.15, 0.2) is 0 Å². The number of rotatable bonds is 5. The van der Waals surface area contributed by atoms with Crippen molar-refractivity contribution < 1.29 is 9.53 Å². The third kappa shape index (κ3) is 3.40. The highest BCUT2D eigenvalue weighted by atomic mass is 16.5. The molecule has 24 heavy (non-hydrogen) atoms. The van der Waals surface area contributed by atoms with Crippen LogP contribution in [-0.2, 0) is 0 Å². The molecule has 2 heterocycles. The summed E-state index contributed by atoms with van der Waals surface area (Å²) in [5, 5.41) is 3.74. The quantitative estimate of drug-likeness (QED) is 0.693. The van der Waals surface area contributed by atoms with E-state index in [2.05, 4.69) is 20.3 Å². The number of anilines is 1. The van der Waals surface area contributed by atoms with Gasteiger partial charge in [-0.05, 0) is 19.1 Å². The number of nitrogens with one attached hydrogen (secondary N) is 1. The lowest BCUT2D eigenvalue weighted by Gasteiger charge is -2.10. The van der Waals surface area contributed by atoms with Gasteiger partial charge >= 0.3 is 0 Å². The molecule has 0 atom stereocenters. The lowest BCUT2D eigenvalue weighted by atomic mass is 10.2. The molecule has 0 radical (unpaired) electrons. The zero-order chi connectivity index (χ0) is 16.9. The Morgan fingerprint density at radius 2 is 2.17 bits per heavy atom. The molecule has 2 aromatic heterocycles. The number of fused-ring (bicyclic) bond motifs is 1. The molecule has 7 nitrogen and oxygen atoms in total. The van der Waals surface area contributed by atoms with Crippen molar-refractivity contribution in [2.75, 3.05) is 18.9 Å². The lowest BCUT2D eigenvalue weighted by molar-refractivity contribution is 0.0947. The van der Waals surface area contributed by atoms with Gasteiger partial charge in [-0.25, -0.2) is 15.0 Å². The summed E-state index contributed by atoms with van der Waals surface area (Å²) in [4.78, 5) is 24.1. The van der Waals surface area contributed by atoms with Gasteiger partial charge in [-0.3, -0.25) is 4.79 Å². The molecule has 0 unspecified atom stereocenters. The number of para-hydroxylation sites is 1. The highest BCUT2D eigenvalue weighted by Gasteiger charge is 2.10. The molecule has 3 N–H and O–H groups in total. The second kappa shape index (κ2) is 6.91. The second-order valence-corrected chi connectivity index (χ2v) is 5.21. The number of pyridine rings is 1. The minimum absolute atomic E-state index is 0.150. The minimum atomic E-state index is -0.330. The molecular formula is C17H17N5O2. The zero-order valence-corrected chi connectivity index (χ0v) is 13.2. The predicted molar refractivity (Wildman–Crippen MR) is 90.8 cm³/mol. The molecule has 1 amide bonds. The van der Waals surface area contributed by atoms with Crippen molar-refractivity contribution in [1.82, 2.24) is 20.3 Å². The van der Waals surface area contributed by atoms with E-state index < -0.39 is 0 Å². The van der Waals surface area contributed by atoms with E-state index in [0.717, 1.165) is 16.6 Å². The van der Waals surface area contributed by atoms with Crippen LogP contribution in [0.4, 0.5) is 5.82 Å². The number of amides is 1. The molecule has 0 aliphatic carbocycles. The molecule has 3 rings (SSSR count). The normalized spacial score (nSPS) is 10.5. The fraction of sp³-hybridized carbons (Fsp3) is 0.176. The highest BCUT2D eigenvalue weighted by molar-refractivity contribution is 5.97. The van der Waals surface area contributed by atoms with E-state index in [4.69, 9.17) is 10.5 Å². The molecule has 0 spiro atoms. The standard InChI is InChI=1S/C17H17N5O2/c1-11-5-6-12-3-2-4-14(15(12)22-11)24-8-7-20-17(23)13-9-19-10-21-16(13)18/h2-6,9-10H,7-8H2,1H3,(H,20,23)(H2,18,19,21). The van der Waals surface area contributed by atoms with Gasteiger partial charge in [0.25, 0.3) is 5.91 Å². The summed E-state index contributed by atoms with van der Waals surface area (Å²) >= 11 is 0. The second-order valence-electron chi connectivity index (χ2n) is 5.21. The van der Waals surface area contributed by atoms with Gasteiger partial charge in [-0.1, -0.05) is 18.2 Å². The molecule has 1 aromatic carbocycles. The van der Waals surface area contributed by atoms with Crippen LogP contribution in [0.5, 0.6) is 5.75 Å². The monoisotopic (exact) mass is 323 g/mol. The molecule has 0 aliphatic heterocycles. The zero-order valence-electron chi connectivity index (χ0n) is 13.2. The number of aryl methyl sites for hydroxylation is 1. The number of aromatic nitrogens is 3. The first-order valence-corrected chi connectivity index (χ1v) is 7.48. The summed E-state index contributed by atoms with van der Waals surface area (Å²) in [6, 6.07) is 9.71. The van der Waals surface area contributed by atoms with Crippen LogP contribution in [-0.4, -0.2) is 34.0 Å². The summed E-state index contributed by atoms with van der Waals surface area (Å²) in [6.45, 7) is 2.58. The molecule has 0 saturated carbocycles. The van der Waals surface area contributed by atoms with Crippen molar-refractivity contribution in [2.24, 2.45) is 0 Å². The molecule has 0 bridgehead atoms. The van der Waals surface area contributed by atoms with Crippen LogP contribution in [0.15, 0.2) is 42.9 Å². The number of hydrogen-bond donors (Lipinski definition) is 2. The van der Waals surface area contributed by atoms with Gasteiger partial charge in [0.05, 0.1) is 12.1 Å². The summed E-state index contributed by atoms with van der Waals surface area (Å²) in [7, 11) is 0. The van der Waals surface area contributed by atoms with E-state index in [0.29, 0.717) is 18.9 Å². The number of carbonyl (C=O) groups excluding carboxylic acids is 1. The van der Waals surface area contributed by atoms with Gasteiger partial charge in [-0.2, -0.15) is 0 Å². The van der Waals surface area contributed by atoms with Crippen LogP contribution < -0.4 is 15.8 Å². The molecule has 0 fully saturated rings. The lowest BCUT2D eigenvalue weighted by Crippen LogP contribution is -2.29. The van der Waals surface area contributed by atoms with Crippen molar-refractivity contribution in [3.63, 3.8) is 0 Å². The smallest absolute Gasteiger partial charge is 0.256 e. The Kier molecular flexibility index (Phi) is 4.51. The largest absolute Gasteiger partial charge is 0.489 e. The van der Waals surface area contributed by atoms with Gasteiger partial charge in [0.1, 0.15) is 30.0 Å². The third-order valence-corrected chi connectivity index (χ3v) is 3.46. The van der Waals surface area contributed by atoms with Crippen molar-refractivity contribution >= 4 is 22.6 Å². The Bertz CT molecular complexity index is 882. The number of carbonyl (C=O) groups is 1. The Morgan fingerprint density at radius 3 is 3.00 bits per heavy atom. The first-order valence-electron chi connectivity index (χ1n) is 7.48. The Labute approximate surface area is 138 Å². The first kappa shape index (κ1) is 15.7. The van der Waals surface area contributed by atoms with Gasteiger partial charge in [0, 0.05) is 17.3 Å². The maximum Gasteiger partial charge on any atom is 0.256 e. The van der Waals surface area contributed by atoms with Crippen LogP contribution in [0.1, 0.15) is 16.1 Å². The average Bonchev–Trinajstić information content (AvgIpc) is 2.59. The van der Waals surface area contributed by atoms with E-state index in [1.807, 2.05) is 37.3 Å². The highest BCUT2D eigenvalue weighted by Crippen LogP contribution is 2.23. The van der Waals surface area contributed by atoms with Crippen LogP contribution in [0.3, 0.4) is 0 Å². The van der Waals surface area contributed by atoms with Crippen molar-refractivity contribution in [3.05, 3.63) is 54.1 Å². The van der Waals surface area contributed by atoms with E-state index in [9.17, 15) is 4.79 Å². The van der Waals surface area contributed by atoms with Crippen molar-refractivity contribution in [3.8, 4) is 5.75 Å². The summed E-state index contributed by atoms with van der Waals surface area (Å²) < 4.78 is 5.75. The number of nitrogens with two attached hydrogens (primary N) is 1. The topological polar surface area (TPSA) is 103 Å². The maximum atomic E-state index is 12.0. The van der Waals surface area contributed by atoms with E-state index in [-0.39, 0.29) is 17.3 Å². The van der Waals surface area contributed by atoms with Crippen molar-refractivity contribution in [2.45, 2.75) is 6.92 Å². The number of hydrogen-bond acceptors (Lipinski definition) is 6. The van der Waals surface area contributed by atoms with Gasteiger partial charge < -0.3 is 15.8 Å². The number of benzene rings is 1. The van der Waals surface area contributed by atoms with Crippen LogP contribution >= 0.6 is 0 Å². The van der Waals surface area contributed by atoms with Crippen LogP contribution in [0.25, 0.3) is 10.9 Å². The first-order chi connectivity index (χ1) is 11.6. The minimum Gasteiger partial charge on any atom is -0.489 e. The molecular weight excluding hydrogens is 306 g/mol. The maximum absolute atomic E-state index is 12.0. The summed E-state index contributed by atoms with van der Waals surface area (Å²) in [5.74, 6) is 0.508. The molecule has 0 aliphatic rings. The van der Waals surface area contributed by atoms with E-state index >= 15 is 0 Å². The Balaban J connectivity index is 1.60. The summed E-state index contributed by atoms with van der Waals surface area (Å²) in [6.07, 6.45) is 2.68. The number of ether oxygens (including phenoxy) is 1. The number of nitrogen functional groups attached to an aromatic ring is 1. The van der Waals surface area contributed by atoms with E-state index in [1.54, 1.807) is 0 Å². The third-order valence-electron chi connectivity index (χ3n) is 3.46. The SMILES string of the molecule is Cc1ccc2cccc(OCCNC(=O)c3cncnc3N)c2n1. The van der Waals surface area contributed by atoms with Crippen molar-refractivity contribution in [1.29, 1.82) is 0 Å². The predicted octanol–water partition coefficient (Wildman–Crippen LogP) is 1.72. The van der Waals surface area contributed by atoms with Gasteiger partial charge in [0.2, 0.25) is 0 Å². The average molecular weight is 323 g/mol. The van der Waals surface area contributed by atoms with Crippen LogP contribution in [0.2, 0.25) is 0 Å². The molecule has 3 aromatic rings. The fourth-order valence-corrected chi connectivity index (χ4v) is 2.27. The molecule has 7 heteroatoms.